The van der Waals surface area contributed by atoms with E-state index in [0.29, 0.717) is 41.0 Å². The lowest BCUT2D eigenvalue weighted by Crippen LogP contribution is -2.40. The maximum absolute atomic E-state index is 13.2. The number of methoxy groups -OCH3 is 1. The Balaban J connectivity index is 2.06. The summed E-state index contributed by atoms with van der Waals surface area (Å²) in [5, 5.41) is 0.406. The second-order valence-corrected chi connectivity index (χ2v) is 8.52. The number of carbonyl (C=O) groups is 2. The lowest BCUT2D eigenvalue weighted by atomic mass is 9.94. The van der Waals surface area contributed by atoms with Gasteiger partial charge in [0.2, 0.25) is 5.91 Å². The number of thioether (sulfide) groups is 1. The Morgan fingerprint density at radius 3 is 2.65 bits per heavy atom. The summed E-state index contributed by atoms with van der Waals surface area (Å²) in [5.74, 6) is 0.682. The largest absolute Gasteiger partial charge is 0.493 e. The number of nitrogens with zero attached hydrogens (tertiary/aromatic N) is 2. The molecular formula is C23H30N2O5S. The van der Waals surface area contributed by atoms with Crippen LogP contribution in [-0.4, -0.2) is 47.5 Å². The average molecular weight is 447 g/mol. The molecule has 0 aromatic heterocycles. The van der Waals surface area contributed by atoms with Crippen molar-refractivity contribution >= 4 is 28.8 Å². The molecule has 2 unspecified atom stereocenters. The first kappa shape index (κ1) is 23.2. The van der Waals surface area contributed by atoms with Gasteiger partial charge in [0, 0.05) is 0 Å². The zero-order valence-corrected chi connectivity index (χ0v) is 19.6. The number of benzene rings is 1. The molecule has 1 saturated heterocycles. The maximum Gasteiger partial charge on any atom is 0.338 e. The van der Waals surface area contributed by atoms with Crippen LogP contribution < -0.4 is 9.47 Å². The van der Waals surface area contributed by atoms with E-state index in [2.05, 4.69) is 11.9 Å². The molecule has 2 aliphatic heterocycles. The molecule has 168 valence electrons. The van der Waals surface area contributed by atoms with Crippen LogP contribution in [0.5, 0.6) is 11.5 Å². The van der Waals surface area contributed by atoms with Crippen molar-refractivity contribution in [2.24, 2.45) is 4.99 Å². The van der Waals surface area contributed by atoms with E-state index in [9.17, 15) is 9.59 Å². The van der Waals surface area contributed by atoms with Gasteiger partial charge in [-0.3, -0.25) is 9.69 Å². The van der Waals surface area contributed by atoms with Crippen LogP contribution >= 0.6 is 11.8 Å². The molecule has 1 aromatic rings. The van der Waals surface area contributed by atoms with Gasteiger partial charge in [0.25, 0.3) is 0 Å². The number of hydrogen-bond donors (Lipinski definition) is 0. The quantitative estimate of drug-likeness (QED) is 0.411. The van der Waals surface area contributed by atoms with Crippen molar-refractivity contribution in [2.45, 2.75) is 58.2 Å². The maximum atomic E-state index is 13.2. The van der Waals surface area contributed by atoms with Crippen molar-refractivity contribution < 1.29 is 23.8 Å². The standard InChI is InChI=1S/C23H30N2O5S/c1-6-9-12-30-16-11-10-15(13-17(16)28-5)20-19(22(27)29-8-3)14(4)24-23-25(20)21(26)18(7-2)31-23/h10-11,13,18,20H,6-9,12H2,1-5H3. The van der Waals surface area contributed by atoms with Crippen molar-refractivity contribution in [2.75, 3.05) is 20.3 Å². The zero-order valence-electron chi connectivity index (χ0n) is 18.8. The summed E-state index contributed by atoms with van der Waals surface area (Å²) in [6.07, 6.45) is 2.66. The van der Waals surface area contributed by atoms with Gasteiger partial charge in [-0.15, -0.1) is 0 Å². The third-order valence-electron chi connectivity index (χ3n) is 5.28. The molecule has 0 aliphatic carbocycles. The van der Waals surface area contributed by atoms with Gasteiger partial charge in [-0.2, -0.15) is 0 Å². The predicted molar refractivity (Wildman–Crippen MR) is 121 cm³/mol. The molecule has 0 spiro atoms. The molecule has 3 rings (SSSR count). The van der Waals surface area contributed by atoms with E-state index in [0.717, 1.165) is 18.4 Å². The van der Waals surface area contributed by atoms with Crippen LogP contribution in [0.15, 0.2) is 34.5 Å². The van der Waals surface area contributed by atoms with Gasteiger partial charge in [0.05, 0.1) is 42.9 Å². The van der Waals surface area contributed by atoms with E-state index in [1.165, 1.54) is 11.8 Å². The SMILES string of the molecule is CCCCOc1ccc(C2C(C(=O)OCC)=C(C)N=C3SC(CC)C(=O)N32)cc1OC. The normalized spacial score (nSPS) is 20.5. The number of fused-ring (bicyclic) bond motifs is 1. The van der Waals surface area contributed by atoms with Gasteiger partial charge in [0.1, 0.15) is 0 Å². The Labute approximate surface area is 187 Å². The van der Waals surface area contributed by atoms with Gasteiger partial charge in [-0.05, 0) is 44.4 Å². The minimum Gasteiger partial charge on any atom is -0.493 e. The fourth-order valence-corrected chi connectivity index (χ4v) is 4.81. The fraction of sp³-hybridized carbons (Fsp3) is 0.522. The summed E-state index contributed by atoms with van der Waals surface area (Å²) in [4.78, 5) is 32.3. The fourth-order valence-electron chi connectivity index (χ4n) is 3.67. The van der Waals surface area contributed by atoms with E-state index < -0.39 is 12.0 Å². The zero-order chi connectivity index (χ0) is 22.5. The first-order chi connectivity index (χ1) is 15.0. The number of allylic oxidation sites excluding steroid dienone is 1. The van der Waals surface area contributed by atoms with Crippen molar-refractivity contribution in [1.82, 2.24) is 4.90 Å². The minimum absolute atomic E-state index is 0.0483. The number of unbranched alkanes of at least 4 members (excludes halogenated alkanes) is 1. The topological polar surface area (TPSA) is 77.4 Å². The Hall–Kier alpha value is -2.48. The third kappa shape index (κ3) is 4.59. The molecule has 8 heteroatoms. The summed E-state index contributed by atoms with van der Waals surface area (Å²) in [5.41, 5.74) is 1.69. The molecule has 0 saturated carbocycles. The van der Waals surface area contributed by atoms with Crippen LogP contribution in [0.3, 0.4) is 0 Å². The van der Waals surface area contributed by atoms with Gasteiger partial charge in [-0.1, -0.05) is 38.1 Å². The Bertz CT molecular complexity index is 911. The van der Waals surface area contributed by atoms with Crippen LogP contribution in [0, 0.1) is 0 Å². The van der Waals surface area contributed by atoms with Crippen molar-refractivity contribution in [3.05, 3.63) is 35.0 Å². The van der Waals surface area contributed by atoms with Crippen LogP contribution in [-0.2, 0) is 14.3 Å². The Morgan fingerprint density at radius 2 is 2.00 bits per heavy atom. The molecule has 1 amide bonds. The molecule has 2 heterocycles. The summed E-state index contributed by atoms with van der Waals surface area (Å²) in [7, 11) is 1.58. The molecule has 2 atom stereocenters. The predicted octanol–water partition coefficient (Wildman–Crippen LogP) is 4.48. The van der Waals surface area contributed by atoms with Crippen molar-refractivity contribution in [3.63, 3.8) is 0 Å². The van der Waals surface area contributed by atoms with Gasteiger partial charge >= 0.3 is 5.97 Å². The van der Waals surface area contributed by atoms with Crippen LogP contribution in [0.4, 0.5) is 0 Å². The number of aliphatic imine (C=N–C) groups is 1. The number of amidine groups is 1. The van der Waals surface area contributed by atoms with Gasteiger partial charge in [-0.25, -0.2) is 9.79 Å². The molecule has 0 bridgehead atoms. The lowest BCUT2D eigenvalue weighted by molar-refractivity contribution is -0.139. The van der Waals surface area contributed by atoms with Crippen molar-refractivity contribution in [3.8, 4) is 11.5 Å². The second kappa shape index (κ2) is 10.2. The molecular weight excluding hydrogens is 416 g/mol. The summed E-state index contributed by atoms with van der Waals surface area (Å²) >= 11 is 1.44. The van der Waals surface area contributed by atoms with Crippen LogP contribution in [0.1, 0.15) is 58.6 Å². The number of rotatable bonds is 9. The van der Waals surface area contributed by atoms with Crippen molar-refractivity contribution in [1.29, 1.82) is 0 Å². The Morgan fingerprint density at radius 1 is 1.23 bits per heavy atom. The molecule has 0 N–H and O–H groups in total. The molecule has 7 nitrogen and oxygen atoms in total. The second-order valence-electron chi connectivity index (χ2n) is 7.35. The van der Waals surface area contributed by atoms with E-state index in [1.807, 2.05) is 25.1 Å². The minimum atomic E-state index is -0.623. The number of hydrogen-bond acceptors (Lipinski definition) is 7. The average Bonchev–Trinajstić information content (AvgIpc) is 3.08. The number of carbonyl (C=O) groups excluding carboxylic acids is 2. The Kier molecular flexibility index (Phi) is 7.64. The molecule has 31 heavy (non-hydrogen) atoms. The van der Waals surface area contributed by atoms with Crippen LogP contribution in [0.2, 0.25) is 0 Å². The van der Waals surface area contributed by atoms with E-state index >= 15 is 0 Å². The highest BCUT2D eigenvalue weighted by atomic mass is 32.2. The molecule has 1 aromatic carbocycles. The molecule has 2 aliphatic rings. The highest BCUT2D eigenvalue weighted by Crippen LogP contribution is 2.45. The highest BCUT2D eigenvalue weighted by Gasteiger charge is 2.47. The highest BCUT2D eigenvalue weighted by molar-refractivity contribution is 8.15. The number of ether oxygens (including phenoxy) is 3. The first-order valence-electron chi connectivity index (χ1n) is 10.7. The monoisotopic (exact) mass is 446 g/mol. The van der Waals surface area contributed by atoms with E-state index in [-0.39, 0.29) is 17.8 Å². The molecule has 0 radical (unpaired) electrons. The number of amides is 1. The number of esters is 1. The summed E-state index contributed by atoms with van der Waals surface area (Å²) in [6, 6.07) is 4.92. The van der Waals surface area contributed by atoms with Gasteiger partial charge < -0.3 is 14.2 Å². The third-order valence-corrected chi connectivity index (χ3v) is 6.59. The summed E-state index contributed by atoms with van der Waals surface area (Å²) < 4.78 is 16.7. The summed E-state index contributed by atoms with van der Waals surface area (Å²) in [6.45, 7) is 8.46. The van der Waals surface area contributed by atoms with Crippen LogP contribution in [0.25, 0.3) is 0 Å². The molecule has 1 fully saturated rings. The van der Waals surface area contributed by atoms with E-state index in [4.69, 9.17) is 14.2 Å². The first-order valence-corrected chi connectivity index (χ1v) is 11.6. The van der Waals surface area contributed by atoms with Gasteiger partial charge in [0.15, 0.2) is 16.7 Å². The lowest BCUT2D eigenvalue weighted by Gasteiger charge is -2.33. The van der Waals surface area contributed by atoms with E-state index in [1.54, 1.807) is 25.9 Å². The smallest absolute Gasteiger partial charge is 0.338 e.